The molecule has 152 valence electrons. The second-order valence-electron chi connectivity index (χ2n) is 8.83. The van der Waals surface area contributed by atoms with E-state index >= 15 is 0 Å². The van der Waals surface area contributed by atoms with Crippen LogP contribution in [0.4, 0.5) is 0 Å². The van der Waals surface area contributed by atoms with Crippen LogP contribution in [0.3, 0.4) is 0 Å². The Labute approximate surface area is 182 Å². The van der Waals surface area contributed by atoms with Crippen molar-refractivity contribution >= 4 is 16.3 Å². The van der Waals surface area contributed by atoms with Crippen molar-refractivity contribution in [1.82, 2.24) is 0 Å². The van der Waals surface area contributed by atoms with Crippen molar-refractivity contribution in [2.45, 2.75) is 19.3 Å². The summed E-state index contributed by atoms with van der Waals surface area (Å²) in [7, 11) is 1.71. The molecule has 0 atom stereocenters. The SMILES string of the molecule is COc1ccc(C2=CCOc3c2c2c(c4ccccc34)-c3ccccc3C2(C)C)cc1. The molecular weight excluding hydrogens is 380 g/mol. The van der Waals surface area contributed by atoms with Gasteiger partial charge in [0.1, 0.15) is 18.1 Å². The standard InChI is InChI=1S/C29H24O2/c1-29(2)24-11-7-6-10-23(24)25-21-8-4-5-9-22(21)28-26(27(25)29)20(16-17-31-28)18-12-14-19(30-3)15-13-18/h4-16H,17H2,1-3H3. The van der Waals surface area contributed by atoms with E-state index in [2.05, 4.69) is 80.6 Å². The molecule has 0 saturated heterocycles. The molecule has 1 aliphatic heterocycles. The predicted molar refractivity (Wildman–Crippen MR) is 127 cm³/mol. The lowest BCUT2D eigenvalue weighted by Gasteiger charge is -2.30. The van der Waals surface area contributed by atoms with Crippen LogP contribution in [0.5, 0.6) is 11.5 Å². The third-order valence-corrected chi connectivity index (χ3v) is 6.85. The molecule has 0 N–H and O–H groups in total. The van der Waals surface area contributed by atoms with Crippen molar-refractivity contribution in [1.29, 1.82) is 0 Å². The van der Waals surface area contributed by atoms with Gasteiger partial charge in [0, 0.05) is 16.4 Å². The third-order valence-electron chi connectivity index (χ3n) is 6.85. The highest BCUT2D eigenvalue weighted by Crippen LogP contribution is 2.57. The van der Waals surface area contributed by atoms with Gasteiger partial charge in [-0.05, 0) is 57.0 Å². The number of hydrogen-bond donors (Lipinski definition) is 0. The monoisotopic (exact) mass is 404 g/mol. The smallest absolute Gasteiger partial charge is 0.135 e. The van der Waals surface area contributed by atoms with Crippen LogP contribution in [0.15, 0.2) is 78.9 Å². The van der Waals surface area contributed by atoms with Crippen LogP contribution in [-0.4, -0.2) is 13.7 Å². The van der Waals surface area contributed by atoms with Gasteiger partial charge in [0.25, 0.3) is 0 Å². The van der Waals surface area contributed by atoms with Gasteiger partial charge in [-0.1, -0.05) is 74.5 Å². The van der Waals surface area contributed by atoms with E-state index in [1.54, 1.807) is 7.11 Å². The Morgan fingerprint density at radius 1 is 0.806 bits per heavy atom. The lowest BCUT2D eigenvalue weighted by molar-refractivity contribution is 0.361. The average Bonchev–Trinajstić information content (AvgIpc) is 3.06. The minimum absolute atomic E-state index is 0.119. The van der Waals surface area contributed by atoms with Crippen LogP contribution in [-0.2, 0) is 5.41 Å². The molecule has 2 nitrogen and oxygen atoms in total. The Morgan fingerprint density at radius 3 is 2.29 bits per heavy atom. The predicted octanol–water partition coefficient (Wildman–Crippen LogP) is 6.98. The molecule has 0 fully saturated rings. The van der Waals surface area contributed by atoms with Gasteiger partial charge in [0.15, 0.2) is 0 Å². The molecule has 0 amide bonds. The Hall–Kier alpha value is -3.52. The quantitative estimate of drug-likeness (QED) is 0.359. The Kier molecular flexibility index (Phi) is 3.82. The summed E-state index contributed by atoms with van der Waals surface area (Å²) in [4.78, 5) is 0. The summed E-state index contributed by atoms with van der Waals surface area (Å²) in [6, 6.07) is 25.9. The van der Waals surface area contributed by atoms with Gasteiger partial charge in [-0.3, -0.25) is 0 Å². The Bertz CT molecular complexity index is 1370. The summed E-state index contributed by atoms with van der Waals surface area (Å²) < 4.78 is 11.7. The maximum Gasteiger partial charge on any atom is 0.135 e. The van der Waals surface area contributed by atoms with E-state index in [1.165, 1.54) is 49.7 Å². The maximum absolute atomic E-state index is 6.35. The zero-order valence-electron chi connectivity index (χ0n) is 18.0. The van der Waals surface area contributed by atoms with E-state index in [4.69, 9.17) is 9.47 Å². The molecule has 6 rings (SSSR count). The van der Waals surface area contributed by atoms with Gasteiger partial charge >= 0.3 is 0 Å². The molecular formula is C29H24O2. The molecule has 1 heterocycles. The van der Waals surface area contributed by atoms with Crippen LogP contribution in [0.1, 0.15) is 36.1 Å². The highest BCUT2D eigenvalue weighted by Gasteiger charge is 2.41. The first-order chi connectivity index (χ1) is 15.1. The number of fused-ring (bicyclic) bond motifs is 8. The first kappa shape index (κ1) is 18.3. The van der Waals surface area contributed by atoms with Gasteiger partial charge in [-0.2, -0.15) is 0 Å². The third kappa shape index (κ3) is 2.45. The fourth-order valence-corrected chi connectivity index (χ4v) is 5.44. The molecule has 0 radical (unpaired) electrons. The fraction of sp³-hybridized carbons (Fsp3) is 0.172. The van der Waals surface area contributed by atoms with Gasteiger partial charge < -0.3 is 9.47 Å². The number of hydrogen-bond acceptors (Lipinski definition) is 2. The molecule has 2 aliphatic rings. The number of ether oxygens (including phenoxy) is 2. The Morgan fingerprint density at radius 2 is 1.52 bits per heavy atom. The summed E-state index contributed by atoms with van der Waals surface area (Å²) in [6.07, 6.45) is 2.22. The lowest BCUT2D eigenvalue weighted by atomic mass is 9.76. The van der Waals surface area contributed by atoms with Crippen molar-refractivity contribution in [3.05, 3.63) is 101 Å². The minimum Gasteiger partial charge on any atom is -0.497 e. The zero-order valence-corrected chi connectivity index (χ0v) is 18.0. The van der Waals surface area contributed by atoms with E-state index in [9.17, 15) is 0 Å². The topological polar surface area (TPSA) is 18.5 Å². The van der Waals surface area contributed by atoms with Crippen LogP contribution < -0.4 is 9.47 Å². The summed E-state index contributed by atoms with van der Waals surface area (Å²) in [5.74, 6) is 1.87. The van der Waals surface area contributed by atoms with Crippen LogP contribution in [0.25, 0.3) is 27.5 Å². The number of rotatable bonds is 2. The Balaban J connectivity index is 1.74. The number of methoxy groups -OCH3 is 1. The molecule has 31 heavy (non-hydrogen) atoms. The second-order valence-corrected chi connectivity index (χ2v) is 8.83. The van der Waals surface area contributed by atoms with E-state index in [0.29, 0.717) is 6.61 Å². The first-order valence-electron chi connectivity index (χ1n) is 10.8. The van der Waals surface area contributed by atoms with Crippen molar-refractivity contribution in [2.24, 2.45) is 0 Å². The summed E-state index contributed by atoms with van der Waals surface area (Å²) >= 11 is 0. The van der Waals surface area contributed by atoms with E-state index in [1.807, 2.05) is 12.1 Å². The minimum atomic E-state index is -0.119. The summed E-state index contributed by atoms with van der Waals surface area (Å²) in [5.41, 5.74) is 8.97. The molecule has 4 aromatic rings. The zero-order chi connectivity index (χ0) is 21.2. The van der Waals surface area contributed by atoms with Gasteiger partial charge in [-0.15, -0.1) is 0 Å². The normalized spacial score (nSPS) is 15.5. The fourth-order valence-electron chi connectivity index (χ4n) is 5.44. The van der Waals surface area contributed by atoms with Crippen molar-refractivity contribution < 1.29 is 9.47 Å². The first-order valence-corrected chi connectivity index (χ1v) is 10.8. The van der Waals surface area contributed by atoms with Crippen LogP contribution >= 0.6 is 0 Å². The van der Waals surface area contributed by atoms with Crippen LogP contribution in [0.2, 0.25) is 0 Å². The highest BCUT2D eigenvalue weighted by atomic mass is 16.5. The lowest BCUT2D eigenvalue weighted by Crippen LogP contribution is -2.19. The van der Waals surface area contributed by atoms with Crippen LogP contribution in [0, 0.1) is 0 Å². The average molecular weight is 405 g/mol. The van der Waals surface area contributed by atoms with Gasteiger partial charge in [0.05, 0.1) is 7.11 Å². The van der Waals surface area contributed by atoms with Crippen molar-refractivity contribution in [3.8, 4) is 22.6 Å². The molecule has 4 aromatic carbocycles. The van der Waals surface area contributed by atoms with Gasteiger partial charge in [-0.25, -0.2) is 0 Å². The van der Waals surface area contributed by atoms with E-state index in [0.717, 1.165) is 11.5 Å². The molecule has 0 unspecified atom stereocenters. The molecule has 0 saturated carbocycles. The van der Waals surface area contributed by atoms with E-state index < -0.39 is 0 Å². The molecule has 0 bridgehead atoms. The largest absolute Gasteiger partial charge is 0.497 e. The molecule has 0 aromatic heterocycles. The molecule has 2 heteroatoms. The van der Waals surface area contributed by atoms with E-state index in [-0.39, 0.29) is 5.41 Å². The van der Waals surface area contributed by atoms with Crippen molar-refractivity contribution in [2.75, 3.05) is 13.7 Å². The summed E-state index contributed by atoms with van der Waals surface area (Å²) in [5, 5.41) is 2.45. The highest BCUT2D eigenvalue weighted by molar-refractivity contribution is 6.10. The second kappa shape index (κ2) is 6.49. The summed E-state index contributed by atoms with van der Waals surface area (Å²) in [6.45, 7) is 5.25. The van der Waals surface area contributed by atoms with Crippen molar-refractivity contribution in [3.63, 3.8) is 0 Å². The maximum atomic E-state index is 6.35. The molecule has 1 aliphatic carbocycles. The number of benzene rings is 4. The van der Waals surface area contributed by atoms with Gasteiger partial charge in [0.2, 0.25) is 0 Å². The molecule has 0 spiro atoms.